The maximum absolute atomic E-state index is 8.93. The molecule has 6 heteroatoms. The van der Waals surface area contributed by atoms with Gasteiger partial charge in [-0.25, -0.2) is 4.85 Å². The highest BCUT2D eigenvalue weighted by Crippen LogP contribution is 2.38. The smallest absolute Gasteiger partial charge is 0.256 e. The van der Waals surface area contributed by atoms with E-state index in [1.54, 1.807) is 20.8 Å². The third-order valence-corrected chi connectivity index (χ3v) is 4.41. The van der Waals surface area contributed by atoms with Crippen LogP contribution < -0.4 is 10.1 Å². The Morgan fingerprint density at radius 2 is 2.30 bits per heavy atom. The topological polar surface area (TPSA) is 64.5 Å². The second-order valence-electron chi connectivity index (χ2n) is 6.87. The van der Waals surface area contributed by atoms with Crippen LogP contribution in [0.5, 0.6) is 5.75 Å². The van der Waals surface area contributed by atoms with Crippen LogP contribution in [0.3, 0.4) is 0 Å². The van der Waals surface area contributed by atoms with E-state index in [-0.39, 0.29) is 71.2 Å². The summed E-state index contributed by atoms with van der Waals surface area (Å²) >= 11 is 0. The minimum Gasteiger partial charge on any atom is -0.502 e. The molecule has 0 saturated carbocycles. The first kappa shape index (κ1) is 11.9. The van der Waals surface area contributed by atoms with Crippen molar-refractivity contribution in [3.63, 3.8) is 0 Å². The molecule has 0 radical (unpaired) electrons. The molecule has 154 valence electrons. The highest BCUT2D eigenvalue weighted by molar-refractivity contribution is 5.70. The molecule has 0 spiro atoms. The lowest BCUT2D eigenvalue weighted by molar-refractivity contribution is 0.244. The zero-order valence-electron chi connectivity index (χ0n) is 25.9. The van der Waals surface area contributed by atoms with Crippen molar-refractivity contribution in [1.82, 2.24) is 15.5 Å². The maximum atomic E-state index is 8.93. The molecule has 0 aliphatic heterocycles. The molecule has 1 atom stereocenters. The van der Waals surface area contributed by atoms with E-state index < -0.39 is 42.8 Å². The maximum Gasteiger partial charge on any atom is 0.256 e. The Kier molecular flexibility index (Phi) is 3.44. The SMILES string of the molecule is [2H]c1c([2H])c(-c2noc(-c3c([2H])c([2H])c(OC(C)C)c([N+]#[C-])c3[2H])n2)c2c(c1[2H])[C@@]([2H])(NC([2H])([2H])CC)CC2. The van der Waals surface area contributed by atoms with E-state index in [0.717, 1.165) is 0 Å². The second kappa shape index (κ2) is 8.68. The Morgan fingerprint density at radius 3 is 3.07 bits per heavy atom. The number of ether oxygens (including phenoxy) is 1. The minimum absolute atomic E-state index is 0.0308. The number of aromatic nitrogens is 2. The average molecular weight is 412 g/mol. The highest BCUT2D eigenvalue weighted by Gasteiger charge is 2.26. The molecule has 0 amide bonds. The van der Waals surface area contributed by atoms with Gasteiger partial charge in [0.15, 0.2) is 0 Å². The Hall–Kier alpha value is -3.17. The van der Waals surface area contributed by atoms with Gasteiger partial charge in [0.05, 0.1) is 20.9 Å². The van der Waals surface area contributed by atoms with Gasteiger partial charge in [-0.05, 0) is 68.9 Å². The van der Waals surface area contributed by atoms with Crippen LogP contribution in [0.4, 0.5) is 5.69 Å². The van der Waals surface area contributed by atoms with Gasteiger partial charge >= 0.3 is 0 Å². The van der Waals surface area contributed by atoms with E-state index in [9.17, 15) is 0 Å². The summed E-state index contributed by atoms with van der Waals surface area (Å²) in [5.41, 5.74) is -0.126. The molecular formula is C24H26N4O2. The average Bonchev–Trinajstić information content (AvgIpc) is 3.46. The minimum atomic E-state index is -1.91. The van der Waals surface area contributed by atoms with E-state index >= 15 is 0 Å². The Bertz CT molecular complexity index is 1520. The van der Waals surface area contributed by atoms with Gasteiger partial charge in [0.2, 0.25) is 11.5 Å². The number of hydrogen-bond donors (Lipinski definition) is 1. The molecule has 1 heterocycles. The van der Waals surface area contributed by atoms with Crippen molar-refractivity contribution in [3.05, 3.63) is 58.8 Å². The number of hydrogen-bond acceptors (Lipinski definition) is 5. The largest absolute Gasteiger partial charge is 0.502 e. The van der Waals surface area contributed by atoms with Crippen LogP contribution in [0.15, 0.2) is 40.8 Å². The number of rotatable bonds is 7. The highest BCUT2D eigenvalue weighted by atomic mass is 16.5. The van der Waals surface area contributed by atoms with Crippen molar-refractivity contribution in [3.8, 4) is 28.6 Å². The monoisotopic (exact) mass is 411 g/mol. The number of benzene rings is 2. The Morgan fingerprint density at radius 1 is 1.43 bits per heavy atom. The fraction of sp³-hybridized carbons (Fsp3) is 0.375. The summed E-state index contributed by atoms with van der Waals surface area (Å²) in [6, 6.07) is -4.29. The molecule has 0 unspecified atom stereocenters. The quantitative estimate of drug-likeness (QED) is 0.503. The summed E-state index contributed by atoms with van der Waals surface area (Å²) in [4.78, 5) is 7.58. The van der Waals surface area contributed by atoms with Crippen LogP contribution in [0, 0.1) is 6.57 Å². The summed E-state index contributed by atoms with van der Waals surface area (Å²) in [5, 5.41) is 6.55. The van der Waals surface area contributed by atoms with Crippen molar-refractivity contribution < 1.29 is 21.6 Å². The molecule has 30 heavy (non-hydrogen) atoms. The van der Waals surface area contributed by atoms with Gasteiger partial charge in [0.1, 0.15) is 5.75 Å². The van der Waals surface area contributed by atoms with E-state index in [0.29, 0.717) is 5.56 Å². The molecule has 1 N–H and O–H groups in total. The lowest BCUT2D eigenvalue weighted by atomic mass is 10.0. The first-order valence-electron chi connectivity index (χ1n) is 14.1. The van der Waals surface area contributed by atoms with Gasteiger partial charge in [-0.2, -0.15) is 4.98 Å². The first-order chi connectivity index (χ1) is 18.2. The lowest BCUT2D eigenvalue weighted by Gasteiger charge is -2.13. The summed E-state index contributed by atoms with van der Waals surface area (Å²) in [5.74, 6) is -0.722. The summed E-state index contributed by atoms with van der Waals surface area (Å²) in [6.07, 6.45) is -0.0817. The van der Waals surface area contributed by atoms with Crippen molar-refractivity contribution in [2.75, 3.05) is 6.50 Å². The van der Waals surface area contributed by atoms with Gasteiger partial charge in [-0.1, -0.05) is 30.2 Å². The van der Waals surface area contributed by atoms with E-state index in [4.69, 9.17) is 28.2 Å². The van der Waals surface area contributed by atoms with Crippen LogP contribution in [-0.2, 0) is 6.42 Å². The number of fused-ring (bicyclic) bond motifs is 1. The van der Waals surface area contributed by atoms with Gasteiger partial charge < -0.3 is 14.6 Å². The third kappa shape index (κ3) is 3.94. The predicted octanol–water partition coefficient (Wildman–Crippen LogP) is 5.73. The van der Waals surface area contributed by atoms with Crippen LogP contribution >= 0.6 is 0 Å². The molecule has 0 fully saturated rings. The molecule has 1 aliphatic carbocycles. The molecular weight excluding hydrogens is 376 g/mol. The molecule has 0 bridgehead atoms. The lowest BCUT2D eigenvalue weighted by Crippen LogP contribution is -2.19. The molecule has 0 saturated heterocycles. The van der Waals surface area contributed by atoms with Crippen molar-refractivity contribution >= 4 is 5.69 Å². The fourth-order valence-electron chi connectivity index (χ4n) is 3.14. The predicted molar refractivity (Wildman–Crippen MR) is 117 cm³/mol. The molecule has 3 aromatic rings. The Labute approximate surface area is 189 Å². The zero-order chi connectivity index (χ0) is 29.0. The fourth-order valence-corrected chi connectivity index (χ4v) is 3.14. The summed E-state index contributed by atoms with van der Waals surface area (Å²) < 4.78 is 86.7. The van der Waals surface area contributed by atoms with Crippen molar-refractivity contribution in [2.24, 2.45) is 0 Å². The normalized spacial score (nSPS) is 22.4. The van der Waals surface area contributed by atoms with E-state index in [1.807, 2.05) is 0 Å². The molecule has 1 aromatic heterocycles. The van der Waals surface area contributed by atoms with Crippen LogP contribution in [0.1, 0.15) is 63.1 Å². The second-order valence-corrected chi connectivity index (χ2v) is 6.87. The van der Waals surface area contributed by atoms with Crippen LogP contribution in [-0.4, -0.2) is 22.7 Å². The van der Waals surface area contributed by atoms with Crippen LogP contribution in [0.25, 0.3) is 27.7 Å². The number of nitrogens with one attached hydrogen (secondary N) is 1. The molecule has 2 aromatic carbocycles. The third-order valence-electron chi connectivity index (χ3n) is 4.41. The van der Waals surface area contributed by atoms with Gasteiger partial charge in [0.25, 0.3) is 5.89 Å². The van der Waals surface area contributed by atoms with Gasteiger partial charge in [-0.3, -0.25) is 0 Å². The zero-order valence-corrected chi connectivity index (χ0v) is 16.9. The standard InChI is InChI=1S/C24H26N4O2/c1-5-13-26-20-11-10-17-18(20)7-6-8-19(17)23-27-24(30-28-23)16-9-12-22(29-15(2)3)21(14-16)25-4/h6-9,12,14-15,20,26H,5,10-11,13H2,1-3H3/t20-/m0/s1/i6D,7D,8D,9D,12D,13D2,14D,20D. The van der Waals surface area contributed by atoms with E-state index in [2.05, 4.69) is 20.3 Å². The number of nitrogens with zero attached hydrogens (tertiary/aromatic N) is 3. The van der Waals surface area contributed by atoms with Crippen LogP contribution in [0.2, 0.25) is 0 Å². The van der Waals surface area contributed by atoms with Gasteiger partial charge in [-0.15, -0.1) is 0 Å². The Balaban J connectivity index is 1.90. The molecule has 1 aliphatic rings. The molecule has 4 rings (SSSR count). The summed E-state index contributed by atoms with van der Waals surface area (Å²) in [6.45, 7) is 10.6. The first-order valence-corrected chi connectivity index (χ1v) is 9.62. The van der Waals surface area contributed by atoms with Crippen molar-refractivity contribution in [2.45, 2.75) is 52.2 Å². The van der Waals surface area contributed by atoms with E-state index in [1.165, 1.54) is 0 Å². The molecule has 6 nitrogen and oxygen atoms in total. The van der Waals surface area contributed by atoms with Gasteiger partial charge in [0, 0.05) is 21.3 Å². The summed E-state index contributed by atoms with van der Waals surface area (Å²) in [7, 11) is 0. The van der Waals surface area contributed by atoms with Crippen molar-refractivity contribution in [1.29, 1.82) is 0 Å².